The normalized spacial score (nSPS) is 27.0. The van der Waals surface area contributed by atoms with Crippen molar-refractivity contribution in [2.24, 2.45) is 0 Å². The smallest absolute Gasteiger partial charge is 0.122 e. The molecule has 2 atom stereocenters. The lowest BCUT2D eigenvalue weighted by atomic mass is 9.99. The van der Waals surface area contributed by atoms with Crippen LogP contribution in [0.1, 0.15) is 31.2 Å². The summed E-state index contributed by atoms with van der Waals surface area (Å²) in [6.07, 6.45) is 2.55. The Balaban J connectivity index is 1.60. The highest BCUT2D eigenvalue weighted by Gasteiger charge is 2.27. The summed E-state index contributed by atoms with van der Waals surface area (Å²) in [4.78, 5) is 2.60. The van der Waals surface area contributed by atoms with Crippen LogP contribution in [-0.2, 0) is 0 Å². The van der Waals surface area contributed by atoms with Gasteiger partial charge in [-0.15, -0.1) is 0 Å². The third-order valence-corrected chi connectivity index (χ3v) is 4.25. The Morgan fingerprint density at radius 1 is 1.37 bits per heavy atom. The molecular formula is C16H24N2O. The summed E-state index contributed by atoms with van der Waals surface area (Å²) >= 11 is 0. The molecule has 3 nitrogen and oxygen atoms in total. The molecule has 1 aromatic rings. The summed E-state index contributed by atoms with van der Waals surface area (Å²) in [7, 11) is 0. The van der Waals surface area contributed by atoms with E-state index in [1.807, 2.05) is 0 Å². The van der Waals surface area contributed by atoms with Crippen molar-refractivity contribution in [3.05, 3.63) is 29.8 Å². The molecular weight excluding hydrogens is 236 g/mol. The summed E-state index contributed by atoms with van der Waals surface area (Å²) in [5.41, 5.74) is 1.40. The lowest BCUT2D eigenvalue weighted by molar-refractivity contribution is 0.175. The molecule has 0 radical (unpaired) electrons. The third-order valence-electron chi connectivity index (χ3n) is 4.25. The van der Waals surface area contributed by atoms with Crippen molar-refractivity contribution < 1.29 is 4.74 Å². The Morgan fingerprint density at radius 3 is 3.16 bits per heavy atom. The maximum absolute atomic E-state index is 5.78. The van der Waals surface area contributed by atoms with E-state index in [0.29, 0.717) is 12.0 Å². The number of ether oxygens (including phenoxy) is 1. The zero-order chi connectivity index (χ0) is 13.1. The topological polar surface area (TPSA) is 24.5 Å². The van der Waals surface area contributed by atoms with Crippen LogP contribution >= 0.6 is 0 Å². The maximum atomic E-state index is 5.78. The first-order valence-electron chi connectivity index (χ1n) is 7.54. The van der Waals surface area contributed by atoms with Gasteiger partial charge in [0.1, 0.15) is 5.75 Å². The Labute approximate surface area is 115 Å². The van der Waals surface area contributed by atoms with E-state index in [2.05, 4.69) is 41.4 Å². The second kappa shape index (κ2) is 5.93. The van der Waals surface area contributed by atoms with Gasteiger partial charge in [0.15, 0.2) is 0 Å². The highest BCUT2D eigenvalue weighted by atomic mass is 16.5. The highest BCUT2D eigenvalue weighted by Crippen LogP contribution is 2.34. The van der Waals surface area contributed by atoms with Gasteiger partial charge in [-0.1, -0.05) is 31.5 Å². The van der Waals surface area contributed by atoms with Crippen LogP contribution in [-0.4, -0.2) is 43.7 Å². The van der Waals surface area contributed by atoms with Crippen LogP contribution < -0.4 is 10.1 Å². The van der Waals surface area contributed by atoms with Crippen molar-refractivity contribution in [1.29, 1.82) is 0 Å². The van der Waals surface area contributed by atoms with E-state index in [1.54, 1.807) is 0 Å². The molecule has 2 aliphatic rings. The van der Waals surface area contributed by atoms with E-state index < -0.39 is 0 Å². The molecule has 2 unspecified atom stereocenters. The van der Waals surface area contributed by atoms with Crippen LogP contribution in [0.3, 0.4) is 0 Å². The fraction of sp³-hybridized carbons (Fsp3) is 0.625. The number of fused-ring (bicyclic) bond motifs is 1. The predicted octanol–water partition coefficient (Wildman–Crippen LogP) is 2.24. The fourth-order valence-corrected chi connectivity index (χ4v) is 3.29. The van der Waals surface area contributed by atoms with E-state index >= 15 is 0 Å². The van der Waals surface area contributed by atoms with Gasteiger partial charge in [0.05, 0.1) is 6.61 Å². The van der Waals surface area contributed by atoms with Gasteiger partial charge in [-0.25, -0.2) is 0 Å². The number of nitrogens with zero attached hydrogens (tertiary/aromatic N) is 1. The second-order valence-corrected chi connectivity index (χ2v) is 5.75. The average molecular weight is 260 g/mol. The first-order valence-corrected chi connectivity index (χ1v) is 7.54. The van der Waals surface area contributed by atoms with Crippen LogP contribution in [0.25, 0.3) is 0 Å². The van der Waals surface area contributed by atoms with E-state index in [4.69, 9.17) is 4.74 Å². The Bertz CT molecular complexity index is 419. The van der Waals surface area contributed by atoms with E-state index in [9.17, 15) is 0 Å². The molecule has 1 saturated heterocycles. The van der Waals surface area contributed by atoms with Gasteiger partial charge in [0.2, 0.25) is 0 Å². The summed E-state index contributed by atoms with van der Waals surface area (Å²) in [5, 5.41) is 3.62. The summed E-state index contributed by atoms with van der Waals surface area (Å²) in [5.74, 6) is 1.64. The van der Waals surface area contributed by atoms with Gasteiger partial charge >= 0.3 is 0 Å². The van der Waals surface area contributed by atoms with E-state index in [1.165, 1.54) is 31.5 Å². The summed E-state index contributed by atoms with van der Waals surface area (Å²) < 4.78 is 5.78. The molecule has 2 aliphatic heterocycles. The molecule has 3 heteroatoms. The lowest BCUT2D eigenvalue weighted by Gasteiger charge is -2.34. The number of hydrogen-bond donors (Lipinski definition) is 1. The quantitative estimate of drug-likeness (QED) is 0.898. The standard InChI is InChI=1S/C16H24N2O/c1-2-5-14-11-18(9-8-17-14)10-13-12-19-16-7-4-3-6-15(13)16/h3-4,6-7,13-14,17H,2,5,8-12H2,1H3. The van der Waals surface area contributed by atoms with Crippen molar-refractivity contribution in [1.82, 2.24) is 10.2 Å². The van der Waals surface area contributed by atoms with Crippen LogP contribution in [0.2, 0.25) is 0 Å². The average Bonchev–Trinajstić information content (AvgIpc) is 2.83. The van der Waals surface area contributed by atoms with Crippen molar-refractivity contribution in [3.8, 4) is 5.75 Å². The molecule has 0 amide bonds. The zero-order valence-corrected chi connectivity index (χ0v) is 11.8. The molecule has 19 heavy (non-hydrogen) atoms. The van der Waals surface area contributed by atoms with Crippen LogP contribution in [0.15, 0.2) is 24.3 Å². The lowest BCUT2D eigenvalue weighted by Crippen LogP contribution is -2.51. The van der Waals surface area contributed by atoms with Gasteiger partial charge in [0, 0.05) is 43.7 Å². The van der Waals surface area contributed by atoms with Gasteiger partial charge < -0.3 is 10.1 Å². The van der Waals surface area contributed by atoms with Gasteiger partial charge in [0.25, 0.3) is 0 Å². The molecule has 2 heterocycles. The predicted molar refractivity (Wildman–Crippen MR) is 77.8 cm³/mol. The molecule has 1 aromatic carbocycles. The number of nitrogens with one attached hydrogen (secondary N) is 1. The van der Waals surface area contributed by atoms with E-state index in [-0.39, 0.29) is 0 Å². The Kier molecular flexibility index (Phi) is 4.04. The first-order chi connectivity index (χ1) is 9.36. The maximum Gasteiger partial charge on any atom is 0.122 e. The molecule has 0 aromatic heterocycles. The fourth-order valence-electron chi connectivity index (χ4n) is 3.29. The van der Waals surface area contributed by atoms with Gasteiger partial charge in [-0.2, -0.15) is 0 Å². The summed E-state index contributed by atoms with van der Waals surface area (Å²) in [6, 6.07) is 9.17. The molecule has 1 fully saturated rings. The highest BCUT2D eigenvalue weighted by molar-refractivity contribution is 5.39. The van der Waals surface area contributed by atoms with Gasteiger partial charge in [-0.3, -0.25) is 4.90 Å². The van der Waals surface area contributed by atoms with Crippen LogP contribution in [0.5, 0.6) is 5.75 Å². The van der Waals surface area contributed by atoms with Crippen LogP contribution in [0, 0.1) is 0 Å². The number of rotatable bonds is 4. The van der Waals surface area contributed by atoms with Gasteiger partial charge in [-0.05, 0) is 12.5 Å². The largest absolute Gasteiger partial charge is 0.493 e. The summed E-state index contributed by atoms with van der Waals surface area (Å²) in [6.45, 7) is 7.73. The second-order valence-electron chi connectivity index (χ2n) is 5.75. The monoisotopic (exact) mass is 260 g/mol. The van der Waals surface area contributed by atoms with Crippen molar-refractivity contribution >= 4 is 0 Å². The van der Waals surface area contributed by atoms with Crippen molar-refractivity contribution in [2.45, 2.75) is 31.7 Å². The minimum Gasteiger partial charge on any atom is -0.493 e. The number of piperazine rings is 1. The SMILES string of the molecule is CCCC1CN(CC2COc3ccccc32)CCN1. The first kappa shape index (κ1) is 12.9. The molecule has 3 rings (SSSR count). The third kappa shape index (κ3) is 2.93. The minimum atomic E-state index is 0.552. The number of para-hydroxylation sites is 1. The van der Waals surface area contributed by atoms with Crippen molar-refractivity contribution in [2.75, 3.05) is 32.8 Å². The molecule has 0 bridgehead atoms. The molecule has 0 spiro atoms. The van der Waals surface area contributed by atoms with Crippen LogP contribution in [0.4, 0.5) is 0 Å². The van der Waals surface area contributed by atoms with Crippen molar-refractivity contribution in [3.63, 3.8) is 0 Å². The number of hydrogen-bond acceptors (Lipinski definition) is 3. The molecule has 104 valence electrons. The Hall–Kier alpha value is -1.06. The van der Waals surface area contributed by atoms with E-state index in [0.717, 1.165) is 25.4 Å². The molecule has 0 saturated carbocycles. The molecule has 0 aliphatic carbocycles. The Morgan fingerprint density at radius 2 is 2.26 bits per heavy atom. The molecule has 1 N–H and O–H groups in total. The zero-order valence-electron chi connectivity index (χ0n) is 11.8. The minimum absolute atomic E-state index is 0.552. The number of benzene rings is 1.